The van der Waals surface area contributed by atoms with Crippen LogP contribution in [0.3, 0.4) is 0 Å². The largest absolute Gasteiger partial charge is 0.484 e. The number of rotatable bonds is 3. The monoisotopic (exact) mass is 434 g/mol. The van der Waals surface area contributed by atoms with Crippen LogP contribution in [0, 0.1) is 12.8 Å². The molecule has 0 aromatic heterocycles. The van der Waals surface area contributed by atoms with Gasteiger partial charge in [0.15, 0.2) is 0 Å². The van der Waals surface area contributed by atoms with Gasteiger partial charge in [-0.15, -0.1) is 0 Å². The Morgan fingerprint density at radius 2 is 1.84 bits per heavy atom. The second-order valence-corrected chi connectivity index (χ2v) is 8.72. The molecule has 31 heavy (non-hydrogen) atoms. The summed E-state index contributed by atoms with van der Waals surface area (Å²) in [5, 5.41) is 0. The molecule has 2 heterocycles. The third-order valence-electron chi connectivity index (χ3n) is 5.77. The second-order valence-electron chi connectivity index (χ2n) is 8.72. The number of methoxy groups -OCH3 is 1. The maximum atomic E-state index is 13.2. The SMILES string of the molecule is COC(=O)C1CN(c2ccc(C)c(N3CC(C)(C)Oc4cc(C(F)(F)F)ccc43)c2)C1. The van der Waals surface area contributed by atoms with E-state index in [9.17, 15) is 18.0 Å². The molecular formula is C23H25F3N2O3. The Labute approximate surface area is 179 Å². The third-order valence-corrected chi connectivity index (χ3v) is 5.77. The molecule has 2 aromatic rings. The van der Waals surface area contributed by atoms with Crippen molar-refractivity contribution in [2.45, 2.75) is 32.5 Å². The number of benzene rings is 2. The van der Waals surface area contributed by atoms with Gasteiger partial charge in [-0.3, -0.25) is 4.79 Å². The van der Waals surface area contributed by atoms with Gasteiger partial charge in [-0.1, -0.05) is 6.07 Å². The molecule has 2 aromatic carbocycles. The van der Waals surface area contributed by atoms with Gasteiger partial charge in [0, 0.05) is 24.5 Å². The lowest BCUT2D eigenvalue weighted by atomic mass is 9.98. The molecule has 8 heteroatoms. The van der Waals surface area contributed by atoms with Crippen LogP contribution < -0.4 is 14.5 Å². The topological polar surface area (TPSA) is 42.0 Å². The van der Waals surface area contributed by atoms with Crippen LogP contribution in [0.4, 0.5) is 30.2 Å². The number of hydrogen-bond acceptors (Lipinski definition) is 5. The minimum Gasteiger partial charge on any atom is -0.484 e. The number of fused-ring (bicyclic) bond motifs is 1. The molecule has 166 valence electrons. The molecule has 4 rings (SSSR count). The van der Waals surface area contributed by atoms with E-state index < -0.39 is 17.3 Å². The normalized spacial score (nSPS) is 18.2. The Kier molecular flexibility index (Phi) is 5.06. The molecule has 0 aliphatic carbocycles. The van der Waals surface area contributed by atoms with Crippen molar-refractivity contribution in [2.24, 2.45) is 5.92 Å². The van der Waals surface area contributed by atoms with Crippen LogP contribution in [0.5, 0.6) is 5.75 Å². The first-order chi connectivity index (χ1) is 14.5. The summed E-state index contributed by atoms with van der Waals surface area (Å²) in [7, 11) is 1.39. The highest BCUT2D eigenvalue weighted by molar-refractivity contribution is 5.79. The number of anilines is 3. The Hall–Kier alpha value is -2.90. The summed E-state index contributed by atoms with van der Waals surface area (Å²) in [6.07, 6.45) is -4.44. The molecule has 2 aliphatic rings. The van der Waals surface area contributed by atoms with Gasteiger partial charge in [0.1, 0.15) is 11.4 Å². The smallest absolute Gasteiger partial charge is 0.416 e. The highest BCUT2D eigenvalue weighted by Gasteiger charge is 2.38. The summed E-state index contributed by atoms with van der Waals surface area (Å²) < 4.78 is 50.4. The van der Waals surface area contributed by atoms with Crippen molar-refractivity contribution in [1.82, 2.24) is 0 Å². The van der Waals surface area contributed by atoms with Crippen LogP contribution in [0.15, 0.2) is 36.4 Å². The third kappa shape index (κ3) is 4.03. The van der Waals surface area contributed by atoms with Gasteiger partial charge in [0.2, 0.25) is 0 Å². The van der Waals surface area contributed by atoms with Gasteiger partial charge >= 0.3 is 12.1 Å². The first-order valence-corrected chi connectivity index (χ1v) is 10.1. The Morgan fingerprint density at radius 1 is 1.13 bits per heavy atom. The van der Waals surface area contributed by atoms with E-state index in [2.05, 4.69) is 4.90 Å². The molecule has 1 fully saturated rings. The highest BCUT2D eigenvalue weighted by atomic mass is 19.4. The number of ether oxygens (including phenoxy) is 2. The minimum absolute atomic E-state index is 0.140. The van der Waals surface area contributed by atoms with E-state index in [-0.39, 0.29) is 17.6 Å². The molecule has 0 spiro atoms. The van der Waals surface area contributed by atoms with Crippen molar-refractivity contribution in [2.75, 3.05) is 36.5 Å². The van der Waals surface area contributed by atoms with Crippen LogP contribution in [0.1, 0.15) is 25.0 Å². The van der Waals surface area contributed by atoms with Crippen molar-refractivity contribution in [3.63, 3.8) is 0 Å². The molecule has 0 saturated carbocycles. The molecular weight excluding hydrogens is 409 g/mol. The number of nitrogens with zero attached hydrogens (tertiary/aromatic N) is 2. The van der Waals surface area contributed by atoms with Gasteiger partial charge < -0.3 is 19.3 Å². The number of halogens is 3. The molecule has 0 N–H and O–H groups in total. The Bertz CT molecular complexity index is 1010. The lowest BCUT2D eigenvalue weighted by Crippen LogP contribution is -2.51. The van der Waals surface area contributed by atoms with E-state index in [0.717, 1.165) is 29.1 Å². The number of aryl methyl sites for hydroxylation is 1. The van der Waals surface area contributed by atoms with Gasteiger partial charge in [-0.05, 0) is 56.7 Å². The molecule has 0 radical (unpaired) electrons. The Balaban J connectivity index is 1.69. The fourth-order valence-corrected chi connectivity index (χ4v) is 4.10. The molecule has 0 atom stereocenters. The first kappa shape index (κ1) is 21.3. The lowest BCUT2D eigenvalue weighted by molar-refractivity contribution is -0.146. The molecule has 2 aliphatic heterocycles. The quantitative estimate of drug-likeness (QED) is 0.641. The van der Waals surface area contributed by atoms with Crippen molar-refractivity contribution in [1.29, 1.82) is 0 Å². The maximum Gasteiger partial charge on any atom is 0.416 e. The molecule has 0 bridgehead atoms. The van der Waals surface area contributed by atoms with E-state index in [1.807, 2.05) is 43.9 Å². The first-order valence-electron chi connectivity index (χ1n) is 10.1. The number of carbonyl (C=O) groups is 1. The van der Waals surface area contributed by atoms with Crippen LogP contribution >= 0.6 is 0 Å². The van der Waals surface area contributed by atoms with Gasteiger partial charge in [0.25, 0.3) is 0 Å². The number of esters is 1. The fourth-order valence-electron chi connectivity index (χ4n) is 4.10. The summed E-state index contributed by atoms with van der Waals surface area (Å²) in [5.74, 6) is -0.142. The number of carbonyl (C=O) groups excluding carboxylic acids is 1. The maximum absolute atomic E-state index is 13.2. The van der Waals surface area contributed by atoms with Crippen LogP contribution in [-0.4, -0.2) is 38.3 Å². The zero-order valence-electron chi connectivity index (χ0n) is 17.9. The average molecular weight is 434 g/mol. The van der Waals surface area contributed by atoms with Crippen molar-refractivity contribution < 1.29 is 27.4 Å². The summed E-state index contributed by atoms with van der Waals surface area (Å²) in [6.45, 7) is 7.33. The summed E-state index contributed by atoms with van der Waals surface area (Å²) in [6, 6.07) is 9.62. The predicted octanol–water partition coefficient (Wildman–Crippen LogP) is 4.93. The van der Waals surface area contributed by atoms with E-state index in [1.165, 1.54) is 13.2 Å². The van der Waals surface area contributed by atoms with Crippen molar-refractivity contribution >= 4 is 23.0 Å². The van der Waals surface area contributed by atoms with Crippen molar-refractivity contribution in [3.05, 3.63) is 47.5 Å². The standard InChI is InChI=1S/C23H25F3N2O3/c1-14-5-7-17(27-11-15(12-27)21(29)30-4)10-19(14)28-13-22(2,3)31-20-9-16(23(24,25)26)6-8-18(20)28/h5-10,15H,11-13H2,1-4H3. The zero-order valence-corrected chi connectivity index (χ0v) is 17.9. The van der Waals surface area contributed by atoms with E-state index >= 15 is 0 Å². The van der Waals surface area contributed by atoms with Gasteiger partial charge in [-0.2, -0.15) is 13.2 Å². The average Bonchev–Trinajstić information content (AvgIpc) is 2.65. The molecule has 0 unspecified atom stereocenters. The minimum atomic E-state index is -4.44. The highest BCUT2D eigenvalue weighted by Crippen LogP contribution is 2.45. The number of hydrogen-bond donors (Lipinski definition) is 0. The molecule has 5 nitrogen and oxygen atoms in total. The van der Waals surface area contributed by atoms with Gasteiger partial charge in [-0.25, -0.2) is 0 Å². The summed E-state index contributed by atoms with van der Waals surface area (Å²) in [4.78, 5) is 15.8. The molecule has 0 amide bonds. The predicted molar refractivity (Wildman–Crippen MR) is 112 cm³/mol. The van der Waals surface area contributed by atoms with Gasteiger partial charge in [0.05, 0.1) is 30.8 Å². The van der Waals surface area contributed by atoms with Crippen LogP contribution in [-0.2, 0) is 15.7 Å². The van der Waals surface area contributed by atoms with E-state index in [1.54, 1.807) is 0 Å². The fraction of sp³-hybridized carbons (Fsp3) is 0.435. The Morgan fingerprint density at radius 3 is 2.48 bits per heavy atom. The van der Waals surface area contributed by atoms with E-state index in [0.29, 0.717) is 25.3 Å². The van der Waals surface area contributed by atoms with Crippen LogP contribution in [0.25, 0.3) is 0 Å². The lowest BCUT2D eigenvalue weighted by Gasteiger charge is -2.43. The van der Waals surface area contributed by atoms with Crippen molar-refractivity contribution in [3.8, 4) is 5.75 Å². The second kappa shape index (κ2) is 7.35. The summed E-state index contributed by atoms with van der Waals surface area (Å²) >= 11 is 0. The summed E-state index contributed by atoms with van der Waals surface area (Å²) in [5.41, 5.74) is 2.05. The number of alkyl halides is 3. The zero-order chi connectivity index (χ0) is 22.6. The van der Waals surface area contributed by atoms with E-state index in [4.69, 9.17) is 9.47 Å². The van der Waals surface area contributed by atoms with Crippen LogP contribution in [0.2, 0.25) is 0 Å². The molecule has 1 saturated heterocycles.